The van der Waals surface area contributed by atoms with Crippen LogP contribution in [0, 0.1) is 0 Å². The van der Waals surface area contributed by atoms with E-state index in [1.54, 1.807) is 16.7 Å². The molecule has 0 saturated heterocycles. The minimum atomic E-state index is -0.223. The van der Waals surface area contributed by atoms with E-state index in [0.29, 0.717) is 15.8 Å². The van der Waals surface area contributed by atoms with E-state index in [4.69, 9.17) is 23.2 Å². The number of hydrogen-bond donors (Lipinski definition) is 1. The van der Waals surface area contributed by atoms with Gasteiger partial charge in [-0.3, -0.25) is 4.79 Å². The van der Waals surface area contributed by atoms with Gasteiger partial charge >= 0.3 is 5.91 Å². The summed E-state index contributed by atoms with van der Waals surface area (Å²) in [4.78, 5) is 12.2. The number of pyridine rings is 1. The first-order valence-corrected chi connectivity index (χ1v) is 9.37. The zero-order chi connectivity index (χ0) is 19.8. The molecule has 0 aliphatic carbocycles. The Balaban J connectivity index is 0.00000300. The van der Waals surface area contributed by atoms with E-state index in [0.717, 1.165) is 11.1 Å². The van der Waals surface area contributed by atoms with Crippen LogP contribution >= 0.6 is 23.2 Å². The van der Waals surface area contributed by atoms with E-state index in [1.165, 1.54) is 0 Å². The summed E-state index contributed by atoms with van der Waals surface area (Å²) in [6.07, 6.45) is 7.26. The fourth-order valence-electron chi connectivity index (χ4n) is 2.49. The number of aromatic nitrogens is 1. The van der Waals surface area contributed by atoms with E-state index >= 15 is 0 Å². The molecule has 3 aromatic rings. The van der Waals surface area contributed by atoms with Gasteiger partial charge in [0.25, 0.3) is 0 Å². The number of allylic oxidation sites excluding steroid dienone is 1. The van der Waals surface area contributed by atoms with Crippen LogP contribution in [-0.4, -0.2) is 11.6 Å². The molecule has 3 rings (SSSR count). The molecule has 0 atom stereocenters. The Labute approximate surface area is 190 Å². The summed E-state index contributed by atoms with van der Waals surface area (Å²) in [7, 11) is 0. The first-order valence-electron chi connectivity index (χ1n) is 8.61. The van der Waals surface area contributed by atoms with Crippen molar-refractivity contribution < 1.29 is 26.3 Å². The lowest BCUT2D eigenvalue weighted by Gasteiger charge is -2.04. The average molecular weight is 491 g/mol. The van der Waals surface area contributed by atoms with Gasteiger partial charge in [-0.25, -0.2) is 5.43 Å². The van der Waals surface area contributed by atoms with Crippen LogP contribution in [0.15, 0.2) is 90.3 Å². The Hall–Kier alpha value is -2.47. The normalized spacial score (nSPS) is 11.2. The Bertz CT molecular complexity index is 1010. The van der Waals surface area contributed by atoms with Crippen LogP contribution in [0.1, 0.15) is 11.1 Å². The molecule has 2 aromatic carbocycles. The van der Waals surface area contributed by atoms with Gasteiger partial charge in [0.1, 0.15) is 0 Å². The predicted molar refractivity (Wildman–Crippen MR) is 113 cm³/mol. The van der Waals surface area contributed by atoms with E-state index in [1.807, 2.05) is 79.1 Å². The molecule has 0 saturated carbocycles. The molecule has 148 valence electrons. The molecule has 0 bridgehead atoms. The van der Waals surface area contributed by atoms with E-state index in [-0.39, 0.29) is 29.4 Å². The van der Waals surface area contributed by atoms with Crippen LogP contribution in [0.5, 0.6) is 0 Å². The molecule has 0 fully saturated rings. The maximum atomic E-state index is 12.2. The van der Waals surface area contributed by atoms with Crippen molar-refractivity contribution in [2.75, 3.05) is 0 Å². The van der Waals surface area contributed by atoms with Crippen molar-refractivity contribution in [3.05, 3.63) is 106 Å². The number of halogens is 3. The number of carbonyl (C=O) groups is 1. The standard InChI is InChI=1S/C22H17Cl2N3O.BrH/c23-19-11-7-10-18(22(19)24)12-13-20(17-8-3-1-4-9-17)25-26-21(28)16-27-14-5-2-6-15-27;/h1-15H,16H2;1H/b13-12+,25-20-;. The summed E-state index contributed by atoms with van der Waals surface area (Å²) < 4.78 is 1.77. The Morgan fingerprint density at radius 2 is 1.66 bits per heavy atom. The number of carbonyl (C=O) groups excluding carboxylic acids is 1. The van der Waals surface area contributed by atoms with Gasteiger partial charge in [-0.15, -0.1) is 0 Å². The van der Waals surface area contributed by atoms with Gasteiger partial charge in [-0.05, 0) is 17.7 Å². The summed E-state index contributed by atoms with van der Waals surface area (Å²) >= 11 is 12.3. The first-order chi connectivity index (χ1) is 13.6. The number of benzene rings is 2. The van der Waals surface area contributed by atoms with Gasteiger partial charge in [-0.1, -0.05) is 77.8 Å². The van der Waals surface area contributed by atoms with Gasteiger partial charge in [-0.2, -0.15) is 9.67 Å². The highest BCUT2D eigenvalue weighted by atomic mass is 79.9. The van der Waals surface area contributed by atoms with Crippen molar-refractivity contribution >= 4 is 40.9 Å². The summed E-state index contributed by atoms with van der Waals surface area (Å²) in [5.41, 5.74) is 4.84. The fraction of sp³-hybridized carbons (Fsp3) is 0.0455. The molecule has 1 amide bonds. The summed E-state index contributed by atoms with van der Waals surface area (Å²) in [6, 6.07) is 20.6. The lowest BCUT2D eigenvalue weighted by atomic mass is 10.1. The zero-order valence-electron chi connectivity index (χ0n) is 15.3. The molecule has 1 aromatic heterocycles. The molecule has 0 unspecified atom stereocenters. The second-order valence-electron chi connectivity index (χ2n) is 5.92. The van der Waals surface area contributed by atoms with Gasteiger partial charge in [0.05, 0.1) is 15.8 Å². The van der Waals surface area contributed by atoms with Crippen molar-refractivity contribution in [2.24, 2.45) is 5.10 Å². The quantitative estimate of drug-likeness (QED) is 0.318. The first kappa shape index (κ1) is 22.8. The number of rotatable bonds is 6. The van der Waals surface area contributed by atoms with Crippen LogP contribution in [-0.2, 0) is 11.3 Å². The summed E-state index contributed by atoms with van der Waals surface area (Å²) in [6.45, 7) is 0.177. The SMILES string of the molecule is O=C(C[n+]1ccccc1)N/N=C(/C=C/c1cccc(Cl)c1Cl)c1ccccc1.[Br-]. The van der Waals surface area contributed by atoms with Crippen LogP contribution in [0.25, 0.3) is 6.08 Å². The minimum absolute atomic E-state index is 0. The smallest absolute Gasteiger partial charge is 0.305 e. The highest BCUT2D eigenvalue weighted by molar-refractivity contribution is 6.43. The maximum Gasteiger partial charge on any atom is 0.305 e. The number of hydrogen-bond acceptors (Lipinski definition) is 2. The third kappa shape index (κ3) is 6.82. The molecule has 0 spiro atoms. The lowest BCUT2D eigenvalue weighted by molar-refractivity contribution is -0.684. The van der Waals surface area contributed by atoms with Gasteiger partial charge in [0, 0.05) is 17.7 Å². The molecule has 29 heavy (non-hydrogen) atoms. The molecule has 1 N–H and O–H groups in total. The number of nitrogens with zero attached hydrogens (tertiary/aromatic N) is 2. The van der Waals surface area contributed by atoms with Crippen molar-refractivity contribution in [2.45, 2.75) is 6.54 Å². The molecule has 0 aliphatic rings. The van der Waals surface area contributed by atoms with E-state index in [9.17, 15) is 4.79 Å². The second kappa shape index (κ2) is 11.5. The second-order valence-corrected chi connectivity index (χ2v) is 6.71. The van der Waals surface area contributed by atoms with Crippen LogP contribution < -0.4 is 27.0 Å². The molecule has 0 aliphatic heterocycles. The molecule has 7 heteroatoms. The van der Waals surface area contributed by atoms with Crippen molar-refractivity contribution in [3.8, 4) is 0 Å². The van der Waals surface area contributed by atoms with Crippen LogP contribution in [0.4, 0.5) is 0 Å². The van der Waals surface area contributed by atoms with Crippen LogP contribution in [0.3, 0.4) is 0 Å². The average Bonchev–Trinajstić information content (AvgIpc) is 2.72. The number of hydrazone groups is 1. The van der Waals surface area contributed by atoms with E-state index in [2.05, 4.69) is 10.5 Å². The molecule has 4 nitrogen and oxygen atoms in total. The summed E-state index contributed by atoms with van der Waals surface area (Å²) in [5.74, 6) is -0.223. The van der Waals surface area contributed by atoms with Gasteiger partial charge < -0.3 is 17.0 Å². The summed E-state index contributed by atoms with van der Waals surface area (Å²) in [5, 5.41) is 5.25. The topological polar surface area (TPSA) is 45.3 Å². The Morgan fingerprint density at radius 3 is 2.38 bits per heavy atom. The van der Waals surface area contributed by atoms with E-state index < -0.39 is 0 Å². The van der Waals surface area contributed by atoms with Gasteiger partial charge in [0.15, 0.2) is 12.4 Å². The molecule has 1 heterocycles. The Kier molecular flexibility index (Phi) is 9.06. The van der Waals surface area contributed by atoms with Crippen molar-refractivity contribution in [1.29, 1.82) is 0 Å². The highest BCUT2D eigenvalue weighted by Crippen LogP contribution is 2.26. The third-order valence-electron chi connectivity index (χ3n) is 3.88. The molecular weight excluding hydrogens is 473 g/mol. The molecular formula is C22H18BrCl2N3O. The fourth-order valence-corrected chi connectivity index (χ4v) is 2.86. The Morgan fingerprint density at radius 1 is 0.966 bits per heavy atom. The van der Waals surface area contributed by atoms with Gasteiger partial charge in [0.2, 0.25) is 6.54 Å². The molecule has 0 radical (unpaired) electrons. The third-order valence-corrected chi connectivity index (χ3v) is 4.71. The zero-order valence-corrected chi connectivity index (χ0v) is 18.4. The monoisotopic (exact) mass is 489 g/mol. The number of nitrogens with one attached hydrogen (secondary N) is 1. The highest BCUT2D eigenvalue weighted by Gasteiger charge is 2.08. The minimum Gasteiger partial charge on any atom is -1.00 e. The largest absolute Gasteiger partial charge is 1.00 e. The lowest BCUT2D eigenvalue weighted by Crippen LogP contribution is -3.00. The van der Waals surface area contributed by atoms with Crippen LogP contribution in [0.2, 0.25) is 10.0 Å². The maximum absolute atomic E-state index is 12.2. The van der Waals surface area contributed by atoms with Crippen molar-refractivity contribution in [3.63, 3.8) is 0 Å². The number of amides is 1. The van der Waals surface area contributed by atoms with Crippen molar-refractivity contribution in [1.82, 2.24) is 5.43 Å². The predicted octanol–water partition coefficient (Wildman–Crippen LogP) is 1.52.